The molecule has 0 saturated carbocycles. The van der Waals surface area contributed by atoms with Crippen molar-refractivity contribution >= 4 is 23.4 Å². The highest BCUT2D eigenvalue weighted by molar-refractivity contribution is 6.19. The number of carbonyl (C=O) groups is 1. The number of amidine groups is 1. The second-order valence-electron chi connectivity index (χ2n) is 7.81. The molecule has 0 fully saturated rings. The summed E-state index contributed by atoms with van der Waals surface area (Å²) in [4.78, 5) is 17.5. The Labute approximate surface area is 208 Å². The number of rotatable bonds is 12. The van der Waals surface area contributed by atoms with E-state index >= 15 is 0 Å². The Morgan fingerprint density at radius 2 is 1.86 bits per heavy atom. The number of para-hydroxylation sites is 1. The standard InChI is InChI=1S/C25H31ClF3N3O3/c1-3-34-23(33)15-21(30)8-6-14-35-22-9-5-4-7-19(22)16-32(17-26)24(31-2)18-10-12-20(13-11-18)25(27,28)29/h4-5,7,9-13,21H,3,6,8,14-17,30H2,1-2H3/t21-/m1/s1. The Balaban J connectivity index is 2.02. The monoisotopic (exact) mass is 513 g/mol. The molecule has 2 aromatic rings. The van der Waals surface area contributed by atoms with Crippen molar-refractivity contribution in [1.29, 1.82) is 0 Å². The fourth-order valence-corrected chi connectivity index (χ4v) is 3.68. The topological polar surface area (TPSA) is 77.1 Å². The summed E-state index contributed by atoms with van der Waals surface area (Å²) in [6, 6.07) is 12.0. The third-order valence-corrected chi connectivity index (χ3v) is 5.46. The maximum atomic E-state index is 12.9. The van der Waals surface area contributed by atoms with Crippen molar-refractivity contribution in [2.24, 2.45) is 10.7 Å². The Morgan fingerprint density at radius 1 is 1.17 bits per heavy atom. The molecule has 1 atom stereocenters. The normalized spacial score (nSPS) is 12.8. The molecule has 0 aliphatic carbocycles. The summed E-state index contributed by atoms with van der Waals surface area (Å²) in [6.45, 7) is 2.82. The van der Waals surface area contributed by atoms with Crippen molar-refractivity contribution in [3.63, 3.8) is 0 Å². The van der Waals surface area contributed by atoms with Gasteiger partial charge in [-0.1, -0.05) is 30.3 Å². The van der Waals surface area contributed by atoms with Crippen LogP contribution in [0.15, 0.2) is 53.5 Å². The summed E-state index contributed by atoms with van der Waals surface area (Å²) in [5.41, 5.74) is 6.62. The zero-order chi connectivity index (χ0) is 25.8. The molecule has 0 bridgehead atoms. The molecular formula is C25H31ClF3N3O3. The van der Waals surface area contributed by atoms with Crippen LogP contribution in [0.25, 0.3) is 0 Å². The van der Waals surface area contributed by atoms with Crippen molar-refractivity contribution in [3.05, 3.63) is 65.2 Å². The lowest BCUT2D eigenvalue weighted by Crippen LogP contribution is -2.30. The second kappa shape index (κ2) is 13.9. The SMILES string of the molecule is CCOC(=O)C[C@H](N)CCCOc1ccccc1CN(CCl)C(=NC)c1ccc(C(F)(F)F)cc1. The second-order valence-corrected chi connectivity index (χ2v) is 8.05. The van der Waals surface area contributed by atoms with Gasteiger partial charge >= 0.3 is 12.1 Å². The summed E-state index contributed by atoms with van der Waals surface area (Å²) in [7, 11) is 1.56. The first kappa shape index (κ1) is 28.5. The van der Waals surface area contributed by atoms with Crippen LogP contribution in [0.2, 0.25) is 0 Å². The van der Waals surface area contributed by atoms with Crippen LogP contribution in [0.5, 0.6) is 5.75 Å². The lowest BCUT2D eigenvalue weighted by atomic mass is 10.1. The van der Waals surface area contributed by atoms with Crippen LogP contribution in [0.1, 0.15) is 42.9 Å². The molecule has 2 aromatic carbocycles. The number of hydrogen-bond acceptors (Lipinski definition) is 5. The Morgan fingerprint density at radius 3 is 2.46 bits per heavy atom. The first-order chi connectivity index (χ1) is 16.7. The van der Waals surface area contributed by atoms with Gasteiger partial charge in [0, 0.05) is 30.8 Å². The van der Waals surface area contributed by atoms with E-state index < -0.39 is 11.7 Å². The fourth-order valence-electron chi connectivity index (χ4n) is 3.48. The summed E-state index contributed by atoms with van der Waals surface area (Å²) >= 11 is 6.20. The van der Waals surface area contributed by atoms with Crippen LogP contribution in [0.4, 0.5) is 13.2 Å². The number of benzene rings is 2. The van der Waals surface area contributed by atoms with E-state index in [2.05, 4.69) is 4.99 Å². The molecule has 0 saturated heterocycles. The van der Waals surface area contributed by atoms with E-state index in [1.807, 2.05) is 24.3 Å². The zero-order valence-electron chi connectivity index (χ0n) is 19.9. The van der Waals surface area contributed by atoms with Crippen molar-refractivity contribution in [3.8, 4) is 5.75 Å². The van der Waals surface area contributed by atoms with Crippen LogP contribution in [0.3, 0.4) is 0 Å². The molecular weight excluding hydrogens is 483 g/mol. The molecule has 35 heavy (non-hydrogen) atoms. The minimum Gasteiger partial charge on any atom is -0.493 e. The van der Waals surface area contributed by atoms with E-state index in [-0.39, 0.29) is 24.4 Å². The third-order valence-electron chi connectivity index (χ3n) is 5.17. The first-order valence-electron chi connectivity index (χ1n) is 11.3. The van der Waals surface area contributed by atoms with Crippen LogP contribution in [-0.4, -0.2) is 49.0 Å². The molecule has 0 aliphatic rings. The van der Waals surface area contributed by atoms with Crippen molar-refractivity contribution in [1.82, 2.24) is 4.90 Å². The van der Waals surface area contributed by atoms with Gasteiger partial charge in [0.25, 0.3) is 0 Å². The number of alkyl halides is 4. The van der Waals surface area contributed by atoms with E-state index in [1.165, 1.54) is 12.1 Å². The van der Waals surface area contributed by atoms with E-state index in [0.29, 0.717) is 49.7 Å². The number of halogens is 4. The number of hydrogen-bond donors (Lipinski definition) is 1. The number of ether oxygens (including phenoxy) is 2. The van der Waals surface area contributed by atoms with Gasteiger partial charge in [-0.05, 0) is 38.0 Å². The number of nitrogens with zero attached hydrogens (tertiary/aromatic N) is 2. The van der Waals surface area contributed by atoms with Gasteiger partial charge in [-0.25, -0.2) is 0 Å². The van der Waals surface area contributed by atoms with Crippen LogP contribution < -0.4 is 10.5 Å². The van der Waals surface area contributed by atoms with Crippen molar-refractivity contribution in [2.75, 3.05) is 26.3 Å². The molecule has 6 nitrogen and oxygen atoms in total. The quantitative estimate of drug-likeness (QED) is 0.105. The van der Waals surface area contributed by atoms with Gasteiger partial charge < -0.3 is 20.1 Å². The molecule has 0 amide bonds. The highest BCUT2D eigenvalue weighted by Crippen LogP contribution is 2.29. The number of aliphatic imine (C=N–C) groups is 1. The highest BCUT2D eigenvalue weighted by atomic mass is 35.5. The maximum Gasteiger partial charge on any atom is 0.416 e. The van der Waals surface area contributed by atoms with Crippen molar-refractivity contribution < 1.29 is 27.4 Å². The van der Waals surface area contributed by atoms with Gasteiger partial charge in [-0.15, -0.1) is 11.6 Å². The molecule has 0 spiro atoms. The van der Waals surface area contributed by atoms with Gasteiger partial charge in [-0.2, -0.15) is 13.2 Å². The van der Waals surface area contributed by atoms with Gasteiger partial charge in [0.15, 0.2) is 0 Å². The molecule has 0 heterocycles. The minimum absolute atomic E-state index is 0.0741. The first-order valence-corrected chi connectivity index (χ1v) is 11.8. The number of nitrogens with two attached hydrogens (primary N) is 1. The van der Waals surface area contributed by atoms with Gasteiger partial charge in [0.05, 0.1) is 31.2 Å². The van der Waals surface area contributed by atoms with E-state index in [1.54, 1.807) is 18.9 Å². The Hall–Kier alpha value is -2.78. The van der Waals surface area contributed by atoms with E-state index in [0.717, 1.165) is 17.7 Å². The van der Waals surface area contributed by atoms with Gasteiger partial charge in [0.2, 0.25) is 0 Å². The summed E-state index contributed by atoms with van der Waals surface area (Å²) in [5.74, 6) is 0.812. The fraction of sp³-hybridized carbons (Fsp3) is 0.440. The van der Waals surface area contributed by atoms with Crippen LogP contribution in [-0.2, 0) is 22.3 Å². The molecule has 2 rings (SSSR count). The highest BCUT2D eigenvalue weighted by Gasteiger charge is 2.30. The lowest BCUT2D eigenvalue weighted by molar-refractivity contribution is -0.143. The zero-order valence-corrected chi connectivity index (χ0v) is 20.6. The molecule has 0 unspecified atom stereocenters. The predicted octanol–water partition coefficient (Wildman–Crippen LogP) is 5.22. The van der Waals surface area contributed by atoms with E-state index in [9.17, 15) is 18.0 Å². The van der Waals surface area contributed by atoms with Gasteiger partial charge in [-0.3, -0.25) is 9.79 Å². The minimum atomic E-state index is -4.41. The Bertz CT molecular complexity index is 968. The number of carbonyl (C=O) groups excluding carboxylic acids is 1. The lowest BCUT2D eigenvalue weighted by Gasteiger charge is -2.25. The number of esters is 1. The van der Waals surface area contributed by atoms with Crippen molar-refractivity contribution in [2.45, 2.75) is 44.9 Å². The Kier molecular flexibility index (Phi) is 11.3. The predicted molar refractivity (Wildman–Crippen MR) is 131 cm³/mol. The summed E-state index contributed by atoms with van der Waals surface area (Å²) < 4.78 is 49.6. The molecule has 0 aliphatic heterocycles. The third kappa shape index (κ3) is 9.07. The maximum absolute atomic E-state index is 12.9. The van der Waals surface area contributed by atoms with E-state index in [4.69, 9.17) is 26.8 Å². The summed E-state index contributed by atoms with van der Waals surface area (Å²) in [5, 5.41) is 0. The molecule has 10 heteroatoms. The molecule has 2 N–H and O–H groups in total. The van der Waals surface area contributed by atoms with Crippen LogP contribution in [0, 0.1) is 0 Å². The average Bonchev–Trinajstić information content (AvgIpc) is 2.82. The smallest absolute Gasteiger partial charge is 0.416 e. The summed E-state index contributed by atoms with van der Waals surface area (Å²) in [6.07, 6.45) is -2.98. The largest absolute Gasteiger partial charge is 0.493 e. The molecule has 0 aromatic heterocycles. The van der Waals surface area contributed by atoms with Crippen LogP contribution >= 0.6 is 11.6 Å². The van der Waals surface area contributed by atoms with Gasteiger partial charge in [0.1, 0.15) is 11.6 Å². The molecule has 0 radical (unpaired) electrons. The average molecular weight is 514 g/mol. The molecule has 192 valence electrons.